The molecule has 0 amide bonds. The minimum Gasteiger partial charge on any atom is -0.294 e. The fraction of sp³-hybridized carbons (Fsp3) is 0.417. The maximum Gasteiger partial charge on any atom is 0.217 e. The zero-order valence-electron chi connectivity index (χ0n) is 9.47. The van der Waals surface area contributed by atoms with Gasteiger partial charge in [0.2, 0.25) is 5.54 Å². The van der Waals surface area contributed by atoms with E-state index in [1.54, 1.807) is 24.3 Å². The van der Waals surface area contributed by atoms with E-state index < -0.39 is 5.54 Å². The average molecular weight is 221 g/mol. The molecule has 0 aliphatic heterocycles. The third-order valence-corrected chi connectivity index (χ3v) is 2.55. The Hall–Kier alpha value is -1.71. The summed E-state index contributed by atoms with van der Waals surface area (Å²) in [5.41, 5.74) is -0.425. The minimum atomic E-state index is -1.04. The van der Waals surface area contributed by atoms with E-state index >= 15 is 0 Å². The molecule has 0 saturated carbocycles. The van der Waals surface area contributed by atoms with Crippen LogP contribution < -0.4 is 0 Å². The first-order valence-corrected chi connectivity index (χ1v) is 5.16. The number of nitro groups is 1. The molecule has 0 heterocycles. The summed E-state index contributed by atoms with van der Waals surface area (Å²) in [6, 6.07) is 8.85. The Balaban J connectivity index is 2.58. The molecule has 0 fully saturated rings. The van der Waals surface area contributed by atoms with Crippen LogP contribution in [0.1, 0.15) is 37.0 Å². The monoisotopic (exact) mass is 221 g/mol. The number of rotatable bonds is 5. The first kappa shape index (κ1) is 12.4. The van der Waals surface area contributed by atoms with Gasteiger partial charge in [0, 0.05) is 37.2 Å². The standard InChI is InChI=1S/C12H15NO3/c1-12(2,13(15)16)9-8-11(14)10-6-4-3-5-7-10/h3-7H,8-9H2,1-2H3. The Bertz CT molecular complexity index is 385. The van der Waals surface area contributed by atoms with Crippen LogP contribution in [0.2, 0.25) is 0 Å². The molecule has 4 nitrogen and oxygen atoms in total. The van der Waals surface area contributed by atoms with Crippen molar-refractivity contribution in [2.24, 2.45) is 0 Å². The number of nitrogens with zero attached hydrogens (tertiary/aromatic N) is 1. The summed E-state index contributed by atoms with van der Waals surface area (Å²) in [7, 11) is 0. The fourth-order valence-corrected chi connectivity index (χ4v) is 1.28. The van der Waals surface area contributed by atoms with Gasteiger partial charge in [-0.25, -0.2) is 0 Å². The van der Waals surface area contributed by atoms with Gasteiger partial charge in [-0.3, -0.25) is 14.9 Å². The van der Waals surface area contributed by atoms with Crippen LogP contribution in [0.3, 0.4) is 0 Å². The average Bonchev–Trinajstić information content (AvgIpc) is 2.27. The van der Waals surface area contributed by atoms with Crippen LogP contribution in [0, 0.1) is 10.1 Å². The lowest BCUT2D eigenvalue weighted by Gasteiger charge is -2.14. The van der Waals surface area contributed by atoms with Crippen molar-refractivity contribution in [3.8, 4) is 0 Å². The van der Waals surface area contributed by atoms with E-state index in [2.05, 4.69) is 0 Å². The summed E-state index contributed by atoms with van der Waals surface area (Å²) in [5, 5.41) is 10.7. The van der Waals surface area contributed by atoms with Crippen LogP contribution in [0.15, 0.2) is 30.3 Å². The van der Waals surface area contributed by atoms with Gasteiger partial charge in [0.15, 0.2) is 5.78 Å². The number of Topliss-reactive ketones (excluding diaryl/α,β-unsaturated/α-hetero) is 1. The lowest BCUT2D eigenvalue weighted by Crippen LogP contribution is -2.31. The van der Waals surface area contributed by atoms with Gasteiger partial charge in [0.25, 0.3) is 0 Å². The van der Waals surface area contributed by atoms with Crippen molar-refractivity contribution in [1.82, 2.24) is 0 Å². The van der Waals surface area contributed by atoms with E-state index in [1.807, 2.05) is 6.07 Å². The molecule has 0 spiro atoms. The van der Waals surface area contributed by atoms with Crippen molar-refractivity contribution in [3.05, 3.63) is 46.0 Å². The predicted octanol–water partition coefficient (Wildman–Crippen LogP) is 2.70. The molecule has 16 heavy (non-hydrogen) atoms. The van der Waals surface area contributed by atoms with E-state index in [9.17, 15) is 14.9 Å². The van der Waals surface area contributed by atoms with Crippen molar-refractivity contribution < 1.29 is 9.72 Å². The van der Waals surface area contributed by atoms with Crippen LogP contribution in [-0.2, 0) is 0 Å². The Morgan fingerprint density at radius 3 is 2.38 bits per heavy atom. The van der Waals surface area contributed by atoms with Crippen LogP contribution in [0.4, 0.5) is 0 Å². The Morgan fingerprint density at radius 1 is 1.31 bits per heavy atom. The molecule has 0 bridgehead atoms. The Kier molecular flexibility index (Phi) is 3.77. The maximum atomic E-state index is 11.7. The molecule has 0 aliphatic rings. The predicted molar refractivity (Wildman–Crippen MR) is 61.1 cm³/mol. The van der Waals surface area contributed by atoms with E-state index in [0.29, 0.717) is 5.56 Å². The van der Waals surface area contributed by atoms with E-state index in [4.69, 9.17) is 0 Å². The molecule has 0 aliphatic carbocycles. The first-order valence-electron chi connectivity index (χ1n) is 5.16. The quantitative estimate of drug-likeness (QED) is 0.436. The van der Waals surface area contributed by atoms with Gasteiger partial charge in [-0.05, 0) is 0 Å². The summed E-state index contributed by atoms with van der Waals surface area (Å²) in [4.78, 5) is 22.0. The summed E-state index contributed by atoms with van der Waals surface area (Å²) in [6.45, 7) is 3.07. The van der Waals surface area contributed by atoms with E-state index in [-0.39, 0.29) is 23.5 Å². The molecule has 4 heteroatoms. The molecule has 0 N–H and O–H groups in total. The Morgan fingerprint density at radius 2 is 1.88 bits per heavy atom. The molecule has 1 rings (SSSR count). The highest BCUT2D eigenvalue weighted by atomic mass is 16.6. The number of carbonyl (C=O) groups is 1. The van der Waals surface area contributed by atoms with Crippen molar-refractivity contribution in [2.45, 2.75) is 32.2 Å². The van der Waals surface area contributed by atoms with Gasteiger partial charge in [-0.1, -0.05) is 30.3 Å². The number of carbonyl (C=O) groups excluding carboxylic acids is 1. The molecular weight excluding hydrogens is 206 g/mol. The summed E-state index contributed by atoms with van der Waals surface area (Å²) < 4.78 is 0. The topological polar surface area (TPSA) is 60.2 Å². The van der Waals surface area contributed by atoms with Crippen molar-refractivity contribution >= 4 is 5.78 Å². The van der Waals surface area contributed by atoms with Crippen LogP contribution in [-0.4, -0.2) is 16.2 Å². The minimum absolute atomic E-state index is 0.0458. The number of hydrogen-bond donors (Lipinski definition) is 0. The molecule has 0 radical (unpaired) electrons. The first-order chi connectivity index (χ1) is 7.43. The molecule has 1 aromatic rings. The second-order valence-electron chi connectivity index (χ2n) is 4.36. The van der Waals surface area contributed by atoms with Crippen LogP contribution >= 0.6 is 0 Å². The van der Waals surface area contributed by atoms with Crippen molar-refractivity contribution in [2.75, 3.05) is 0 Å². The molecule has 0 saturated heterocycles. The van der Waals surface area contributed by atoms with Gasteiger partial charge in [0.1, 0.15) is 0 Å². The van der Waals surface area contributed by atoms with Gasteiger partial charge in [-0.15, -0.1) is 0 Å². The molecule has 86 valence electrons. The summed E-state index contributed by atoms with van der Waals surface area (Å²) in [5.74, 6) is -0.0458. The van der Waals surface area contributed by atoms with Gasteiger partial charge in [0.05, 0.1) is 0 Å². The highest BCUT2D eigenvalue weighted by Gasteiger charge is 2.30. The largest absolute Gasteiger partial charge is 0.294 e. The molecule has 0 atom stereocenters. The lowest BCUT2D eigenvalue weighted by atomic mass is 9.96. The highest BCUT2D eigenvalue weighted by Crippen LogP contribution is 2.17. The molecule has 0 aromatic heterocycles. The van der Waals surface area contributed by atoms with Crippen molar-refractivity contribution in [1.29, 1.82) is 0 Å². The molecular formula is C12H15NO3. The summed E-state index contributed by atoms with van der Waals surface area (Å²) in [6.07, 6.45) is 0.464. The lowest BCUT2D eigenvalue weighted by molar-refractivity contribution is -0.561. The van der Waals surface area contributed by atoms with E-state index in [0.717, 1.165) is 0 Å². The fourth-order valence-electron chi connectivity index (χ4n) is 1.28. The third-order valence-electron chi connectivity index (χ3n) is 2.55. The second kappa shape index (κ2) is 4.88. The molecule has 0 unspecified atom stereocenters. The zero-order valence-corrected chi connectivity index (χ0v) is 9.47. The highest BCUT2D eigenvalue weighted by molar-refractivity contribution is 5.95. The van der Waals surface area contributed by atoms with Crippen LogP contribution in [0.25, 0.3) is 0 Å². The smallest absolute Gasteiger partial charge is 0.217 e. The van der Waals surface area contributed by atoms with E-state index in [1.165, 1.54) is 13.8 Å². The second-order valence-corrected chi connectivity index (χ2v) is 4.36. The normalized spacial score (nSPS) is 11.1. The molecule has 1 aromatic carbocycles. The van der Waals surface area contributed by atoms with Gasteiger partial charge < -0.3 is 0 Å². The number of hydrogen-bond acceptors (Lipinski definition) is 3. The zero-order chi connectivity index (χ0) is 12.2. The van der Waals surface area contributed by atoms with Gasteiger partial charge in [-0.2, -0.15) is 0 Å². The van der Waals surface area contributed by atoms with Gasteiger partial charge >= 0.3 is 0 Å². The van der Waals surface area contributed by atoms with Crippen LogP contribution in [0.5, 0.6) is 0 Å². The maximum absolute atomic E-state index is 11.7. The third kappa shape index (κ3) is 3.15. The number of benzene rings is 1. The SMILES string of the molecule is CC(C)(CCC(=O)c1ccccc1)[N+](=O)[O-]. The Labute approximate surface area is 94.4 Å². The van der Waals surface area contributed by atoms with Crippen molar-refractivity contribution in [3.63, 3.8) is 0 Å². The number of ketones is 1. The summed E-state index contributed by atoms with van der Waals surface area (Å²) >= 11 is 0.